The number of pyridine rings is 1. The molecule has 3 aromatic rings. The fourth-order valence-electron chi connectivity index (χ4n) is 3.30. The number of aryl methyl sites for hydroxylation is 1. The van der Waals surface area contributed by atoms with Gasteiger partial charge in [-0.3, -0.25) is 14.5 Å². The van der Waals surface area contributed by atoms with E-state index in [2.05, 4.69) is 22.3 Å². The minimum atomic E-state index is -0.221. The van der Waals surface area contributed by atoms with Crippen LogP contribution in [0.1, 0.15) is 53.5 Å². The Bertz CT molecular complexity index is 863. The van der Waals surface area contributed by atoms with Gasteiger partial charge in [0.25, 0.3) is 0 Å². The molecule has 1 amide bonds. The van der Waals surface area contributed by atoms with Crippen LogP contribution < -0.4 is 5.32 Å². The molecule has 0 bridgehead atoms. The van der Waals surface area contributed by atoms with Crippen LogP contribution in [0, 0.1) is 20.8 Å². The summed E-state index contributed by atoms with van der Waals surface area (Å²) in [5.74, 6) is -0.00888. The number of hydrogen-bond acceptors (Lipinski definition) is 3. The van der Waals surface area contributed by atoms with Crippen molar-refractivity contribution in [2.24, 2.45) is 0 Å². The Morgan fingerprint density at radius 2 is 1.78 bits per heavy atom. The van der Waals surface area contributed by atoms with Crippen LogP contribution in [0.4, 0.5) is 0 Å². The first-order valence-electron chi connectivity index (χ1n) is 9.24. The van der Waals surface area contributed by atoms with Gasteiger partial charge in [0.05, 0.1) is 17.8 Å². The molecule has 0 aliphatic heterocycles. The summed E-state index contributed by atoms with van der Waals surface area (Å²) < 4.78 is 1.95. The maximum Gasteiger partial charge on any atom is 0.222 e. The van der Waals surface area contributed by atoms with Gasteiger partial charge in [0.2, 0.25) is 5.91 Å². The number of hydrogen-bond donors (Lipinski definition) is 1. The van der Waals surface area contributed by atoms with Gasteiger partial charge in [-0.15, -0.1) is 0 Å². The van der Waals surface area contributed by atoms with Crippen LogP contribution in [0.15, 0.2) is 54.9 Å². The number of amides is 1. The Morgan fingerprint density at radius 1 is 1.07 bits per heavy atom. The van der Waals surface area contributed by atoms with Crippen molar-refractivity contribution in [1.29, 1.82) is 0 Å². The van der Waals surface area contributed by atoms with E-state index >= 15 is 0 Å². The van der Waals surface area contributed by atoms with Crippen molar-refractivity contribution in [3.8, 4) is 0 Å². The molecule has 0 saturated heterocycles. The lowest BCUT2D eigenvalue weighted by Crippen LogP contribution is -2.31. The second kappa shape index (κ2) is 8.16. The lowest BCUT2D eigenvalue weighted by atomic mass is 10.00. The lowest BCUT2D eigenvalue weighted by molar-refractivity contribution is -0.122. The van der Waals surface area contributed by atoms with E-state index in [0.717, 1.165) is 22.5 Å². The molecular formula is C22H26N4O. The molecule has 1 aromatic carbocycles. The number of benzene rings is 1. The van der Waals surface area contributed by atoms with Crippen LogP contribution in [0.5, 0.6) is 0 Å². The maximum absolute atomic E-state index is 12.8. The zero-order valence-corrected chi connectivity index (χ0v) is 16.3. The number of carbonyl (C=O) groups excluding carboxylic acids is 1. The summed E-state index contributed by atoms with van der Waals surface area (Å²) in [5, 5.41) is 7.76. The van der Waals surface area contributed by atoms with E-state index in [1.54, 1.807) is 12.4 Å². The molecule has 5 nitrogen and oxygen atoms in total. The highest BCUT2D eigenvalue weighted by Gasteiger charge is 2.20. The topological polar surface area (TPSA) is 59.8 Å². The largest absolute Gasteiger partial charge is 0.345 e. The van der Waals surface area contributed by atoms with Gasteiger partial charge in [-0.2, -0.15) is 5.10 Å². The van der Waals surface area contributed by atoms with E-state index in [-0.39, 0.29) is 18.0 Å². The van der Waals surface area contributed by atoms with Crippen LogP contribution in [0.25, 0.3) is 0 Å². The molecule has 2 atom stereocenters. The Hall–Kier alpha value is -2.95. The van der Waals surface area contributed by atoms with E-state index < -0.39 is 0 Å². The van der Waals surface area contributed by atoms with Crippen LogP contribution in [0.3, 0.4) is 0 Å². The smallest absolute Gasteiger partial charge is 0.222 e. The van der Waals surface area contributed by atoms with Crippen molar-refractivity contribution in [2.45, 2.75) is 46.2 Å². The highest BCUT2D eigenvalue weighted by Crippen LogP contribution is 2.23. The molecule has 0 aliphatic carbocycles. The van der Waals surface area contributed by atoms with Crippen molar-refractivity contribution in [3.05, 3.63) is 82.9 Å². The first kappa shape index (κ1) is 18.8. The molecule has 0 fully saturated rings. The third-order valence-corrected chi connectivity index (χ3v) is 5.04. The Kier molecular flexibility index (Phi) is 5.69. The van der Waals surface area contributed by atoms with E-state index in [9.17, 15) is 4.79 Å². The number of nitrogens with one attached hydrogen (secondary N) is 1. The number of aromatic nitrogens is 3. The Labute approximate surface area is 160 Å². The molecule has 2 aromatic heterocycles. The Balaban J connectivity index is 1.78. The van der Waals surface area contributed by atoms with Gasteiger partial charge >= 0.3 is 0 Å². The summed E-state index contributed by atoms with van der Waals surface area (Å²) in [6.07, 6.45) is 3.90. The predicted octanol–water partition coefficient (Wildman–Crippen LogP) is 4.06. The molecule has 0 unspecified atom stereocenters. The van der Waals surface area contributed by atoms with Crippen LogP contribution in [-0.2, 0) is 4.79 Å². The first-order chi connectivity index (χ1) is 13.0. The quantitative estimate of drug-likeness (QED) is 0.719. The van der Waals surface area contributed by atoms with E-state index in [1.165, 1.54) is 5.56 Å². The second-order valence-corrected chi connectivity index (χ2v) is 6.99. The molecule has 1 N–H and O–H groups in total. The predicted molar refractivity (Wildman–Crippen MR) is 106 cm³/mol. The van der Waals surface area contributed by atoms with Gasteiger partial charge in [-0.1, -0.05) is 36.4 Å². The molecule has 2 heterocycles. The molecule has 27 heavy (non-hydrogen) atoms. The van der Waals surface area contributed by atoms with Crippen molar-refractivity contribution in [1.82, 2.24) is 20.1 Å². The van der Waals surface area contributed by atoms with Gasteiger partial charge in [-0.25, -0.2) is 0 Å². The second-order valence-electron chi connectivity index (χ2n) is 6.99. The summed E-state index contributed by atoms with van der Waals surface area (Å²) in [6, 6.07) is 13.6. The third-order valence-electron chi connectivity index (χ3n) is 5.04. The van der Waals surface area contributed by atoms with Gasteiger partial charge in [0, 0.05) is 24.5 Å². The van der Waals surface area contributed by atoms with Crippen molar-refractivity contribution < 1.29 is 4.79 Å². The maximum atomic E-state index is 12.8. The third kappa shape index (κ3) is 4.25. The van der Waals surface area contributed by atoms with Crippen LogP contribution in [-0.4, -0.2) is 20.7 Å². The number of rotatable bonds is 6. The van der Waals surface area contributed by atoms with Crippen LogP contribution >= 0.6 is 0 Å². The lowest BCUT2D eigenvalue weighted by Gasteiger charge is -2.21. The minimum absolute atomic E-state index is 0.00888. The zero-order valence-electron chi connectivity index (χ0n) is 16.3. The normalized spacial score (nSPS) is 13.2. The fraction of sp³-hybridized carbons (Fsp3) is 0.318. The van der Waals surface area contributed by atoms with Crippen LogP contribution in [0.2, 0.25) is 0 Å². The van der Waals surface area contributed by atoms with Gasteiger partial charge in [-0.05, 0) is 50.5 Å². The van der Waals surface area contributed by atoms with Gasteiger partial charge < -0.3 is 5.32 Å². The van der Waals surface area contributed by atoms with Crippen molar-refractivity contribution in [2.75, 3.05) is 0 Å². The summed E-state index contributed by atoms with van der Waals surface area (Å²) >= 11 is 0. The standard InChI is InChI=1S/C22H26N4O/c1-15(26-18(4)16(2)17(3)25-26)13-21(27)24-22(19-9-6-5-7-10-19)20-11-8-12-23-14-20/h5-12,14-15,22H,13H2,1-4H3,(H,24,27)/t15-,22+/m0/s1. The number of nitrogens with zero attached hydrogens (tertiary/aromatic N) is 3. The monoisotopic (exact) mass is 362 g/mol. The molecule has 0 saturated carbocycles. The summed E-state index contributed by atoms with van der Waals surface area (Å²) in [7, 11) is 0. The van der Waals surface area contributed by atoms with E-state index in [4.69, 9.17) is 0 Å². The highest BCUT2D eigenvalue weighted by molar-refractivity contribution is 5.77. The molecule has 5 heteroatoms. The zero-order chi connectivity index (χ0) is 19.4. The van der Waals surface area contributed by atoms with E-state index in [1.807, 2.05) is 67.9 Å². The molecule has 140 valence electrons. The minimum Gasteiger partial charge on any atom is -0.345 e. The average molecular weight is 362 g/mol. The van der Waals surface area contributed by atoms with Crippen molar-refractivity contribution in [3.63, 3.8) is 0 Å². The van der Waals surface area contributed by atoms with Crippen molar-refractivity contribution >= 4 is 5.91 Å². The molecular weight excluding hydrogens is 336 g/mol. The van der Waals surface area contributed by atoms with E-state index in [0.29, 0.717) is 6.42 Å². The molecule has 0 radical (unpaired) electrons. The summed E-state index contributed by atoms with van der Waals surface area (Å²) in [4.78, 5) is 17.0. The molecule has 3 rings (SSSR count). The first-order valence-corrected chi connectivity index (χ1v) is 9.24. The van der Waals surface area contributed by atoms with Gasteiger partial charge in [0.1, 0.15) is 0 Å². The molecule has 0 spiro atoms. The summed E-state index contributed by atoms with van der Waals surface area (Å²) in [6.45, 7) is 8.14. The number of carbonyl (C=O) groups is 1. The fourth-order valence-corrected chi connectivity index (χ4v) is 3.30. The van der Waals surface area contributed by atoms with Gasteiger partial charge in [0.15, 0.2) is 0 Å². The SMILES string of the molecule is Cc1nn([C@@H](C)CC(=O)N[C@H](c2ccccc2)c2cccnc2)c(C)c1C. The Morgan fingerprint density at radius 3 is 2.37 bits per heavy atom. The highest BCUT2D eigenvalue weighted by atomic mass is 16.1. The average Bonchev–Trinajstić information content (AvgIpc) is 2.95. The summed E-state index contributed by atoms with van der Waals surface area (Å²) in [5.41, 5.74) is 5.30. The molecule has 0 aliphatic rings.